The van der Waals surface area contributed by atoms with Crippen molar-refractivity contribution >= 4 is 21.6 Å². The van der Waals surface area contributed by atoms with E-state index in [1.165, 1.54) is 11.3 Å². The van der Waals surface area contributed by atoms with Crippen molar-refractivity contribution in [1.29, 1.82) is 0 Å². The normalized spacial score (nSPS) is 14.1. The molecule has 2 aromatic carbocycles. The van der Waals surface area contributed by atoms with Crippen LogP contribution in [0.15, 0.2) is 42.5 Å². The maximum atomic E-state index is 12.8. The summed E-state index contributed by atoms with van der Waals surface area (Å²) in [6.07, 6.45) is -5.07. The Labute approximate surface area is 164 Å². The molecule has 3 aromatic rings. The van der Waals surface area contributed by atoms with E-state index in [1.807, 2.05) is 31.2 Å². The quantitative estimate of drug-likeness (QED) is 0.539. The lowest BCUT2D eigenvalue weighted by molar-refractivity contribution is -0.254. The Balaban J connectivity index is 1.79. The molecule has 8 heteroatoms. The first kappa shape index (κ1) is 20.4. The molecule has 0 fully saturated rings. The average Bonchev–Trinajstić information content (AvgIpc) is 3.03. The lowest BCUT2D eigenvalue weighted by atomic mass is 9.96. The molecular weight excluding hydrogens is 391 g/mol. The minimum absolute atomic E-state index is 0.0496. The Morgan fingerprint density at radius 1 is 1.11 bits per heavy atom. The van der Waals surface area contributed by atoms with Crippen molar-refractivity contribution in [2.24, 2.45) is 0 Å². The van der Waals surface area contributed by atoms with Gasteiger partial charge in [-0.05, 0) is 56.5 Å². The summed E-state index contributed by atoms with van der Waals surface area (Å²) in [5, 5.41) is 10.1. The van der Waals surface area contributed by atoms with Gasteiger partial charge in [-0.2, -0.15) is 13.2 Å². The summed E-state index contributed by atoms with van der Waals surface area (Å²) >= 11 is 1.39. The zero-order chi connectivity index (χ0) is 20.4. The van der Waals surface area contributed by atoms with Crippen molar-refractivity contribution < 1.29 is 27.8 Å². The zero-order valence-corrected chi connectivity index (χ0v) is 16.2. The first-order chi connectivity index (χ1) is 13.2. The van der Waals surface area contributed by atoms with Crippen LogP contribution in [0.4, 0.5) is 13.2 Å². The third-order valence-corrected chi connectivity index (χ3v) is 5.21. The maximum absolute atomic E-state index is 12.8. The molecule has 1 unspecified atom stereocenters. The van der Waals surface area contributed by atoms with Gasteiger partial charge >= 0.3 is 6.18 Å². The number of ether oxygens (including phenoxy) is 2. The molecule has 0 aliphatic rings. The molecule has 0 aliphatic carbocycles. The summed E-state index contributed by atoms with van der Waals surface area (Å²) in [5.41, 5.74) is -1.30. The van der Waals surface area contributed by atoms with Gasteiger partial charge in [-0.3, -0.25) is 0 Å². The number of thiazole rings is 1. The van der Waals surface area contributed by atoms with Crippen LogP contribution in [0.5, 0.6) is 16.7 Å². The van der Waals surface area contributed by atoms with Gasteiger partial charge in [0.1, 0.15) is 0 Å². The number of hydrogen-bond acceptors (Lipinski definition) is 5. The number of halogens is 3. The molecule has 4 nitrogen and oxygen atoms in total. The largest absolute Gasteiger partial charge is 0.490 e. The summed E-state index contributed by atoms with van der Waals surface area (Å²) in [7, 11) is 0. The highest BCUT2D eigenvalue weighted by Gasteiger charge is 2.49. The van der Waals surface area contributed by atoms with Gasteiger partial charge < -0.3 is 14.6 Å². The van der Waals surface area contributed by atoms with Gasteiger partial charge in [0.15, 0.2) is 17.1 Å². The van der Waals surface area contributed by atoms with Gasteiger partial charge in [-0.1, -0.05) is 29.5 Å². The van der Waals surface area contributed by atoms with Gasteiger partial charge in [0, 0.05) is 0 Å². The van der Waals surface area contributed by atoms with E-state index in [-0.39, 0.29) is 6.42 Å². The molecule has 0 saturated heterocycles. The minimum atomic E-state index is -4.67. The highest BCUT2D eigenvalue weighted by atomic mass is 32.1. The summed E-state index contributed by atoms with van der Waals surface area (Å²) < 4.78 is 50.9. The van der Waals surface area contributed by atoms with Crippen LogP contribution in [0.3, 0.4) is 0 Å². The number of hydrogen-bond donors (Lipinski definition) is 1. The second-order valence-corrected chi connectivity index (χ2v) is 7.53. The fourth-order valence-corrected chi connectivity index (χ4v) is 3.41. The lowest BCUT2D eigenvalue weighted by Gasteiger charge is -2.26. The van der Waals surface area contributed by atoms with Gasteiger partial charge in [-0.15, -0.1) is 0 Å². The molecule has 0 bridgehead atoms. The molecule has 1 aromatic heterocycles. The highest BCUT2D eigenvalue weighted by molar-refractivity contribution is 7.20. The predicted octanol–water partition coefficient (Wildman–Crippen LogP) is 5.73. The number of aryl methyl sites for hydroxylation is 1. The molecular formula is C20H20F3NO3S. The van der Waals surface area contributed by atoms with Crippen LogP contribution in [0.25, 0.3) is 10.2 Å². The molecule has 0 amide bonds. The average molecular weight is 411 g/mol. The highest BCUT2D eigenvalue weighted by Crippen LogP contribution is 2.38. The Hall–Kier alpha value is -2.32. The van der Waals surface area contributed by atoms with Crippen molar-refractivity contribution in [3.05, 3.63) is 48.0 Å². The van der Waals surface area contributed by atoms with Crippen molar-refractivity contribution in [3.63, 3.8) is 0 Å². The van der Waals surface area contributed by atoms with E-state index in [9.17, 15) is 18.3 Å². The molecule has 0 radical (unpaired) electrons. The third-order valence-electron chi connectivity index (χ3n) is 4.29. The Morgan fingerprint density at radius 3 is 2.54 bits per heavy atom. The fourth-order valence-electron chi connectivity index (χ4n) is 2.58. The number of rotatable bonds is 7. The SMILES string of the molecule is CCOc1cc(CCC(C)(O)C(F)(F)F)ccc1Oc1nc2ccccc2s1. The lowest BCUT2D eigenvalue weighted by Crippen LogP contribution is -2.42. The van der Waals surface area contributed by atoms with Crippen LogP contribution in [-0.2, 0) is 6.42 Å². The van der Waals surface area contributed by atoms with E-state index in [0.29, 0.717) is 28.9 Å². The van der Waals surface area contributed by atoms with Gasteiger partial charge in [0.05, 0.1) is 16.8 Å². The van der Waals surface area contributed by atoms with E-state index in [4.69, 9.17) is 9.47 Å². The summed E-state index contributed by atoms with van der Waals surface area (Å²) in [4.78, 5) is 4.41. The number of alkyl halides is 3. The molecule has 28 heavy (non-hydrogen) atoms. The van der Waals surface area contributed by atoms with E-state index < -0.39 is 18.2 Å². The van der Waals surface area contributed by atoms with Crippen molar-refractivity contribution in [1.82, 2.24) is 4.98 Å². The second kappa shape index (κ2) is 7.97. The Bertz CT molecular complexity index is 920. The molecule has 0 saturated carbocycles. The molecule has 3 rings (SSSR count). The smallest absolute Gasteiger partial charge is 0.416 e. The Morgan fingerprint density at radius 2 is 1.86 bits per heavy atom. The number of nitrogens with zero attached hydrogens (tertiary/aromatic N) is 1. The zero-order valence-electron chi connectivity index (χ0n) is 15.4. The number of fused-ring (bicyclic) bond motifs is 1. The van der Waals surface area contributed by atoms with Crippen LogP contribution >= 0.6 is 11.3 Å². The summed E-state index contributed by atoms with van der Waals surface area (Å²) in [6.45, 7) is 2.96. The molecule has 1 heterocycles. The Kier molecular flexibility index (Phi) is 5.81. The molecule has 0 aliphatic heterocycles. The molecule has 1 atom stereocenters. The summed E-state index contributed by atoms with van der Waals surface area (Å²) in [5.74, 6) is 0.859. The van der Waals surface area contributed by atoms with Crippen LogP contribution in [0, 0.1) is 0 Å². The predicted molar refractivity (Wildman–Crippen MR) is 102 cm³/mol. The van der Waals surface area contributed by atoms with Crippen LogP contribution < -0.4 is 9.47 Å². The van der Waals surface area contributed by atoms with Crippen LogP contribution in [-0.4, -0.2) is 28.5 Å². The van der Waals surface area contributed by atoms with Crippen molar-refractivity contribution in [2.75, 3.05) is 6.61 Å². The minimum Gasteiger partial charge on any atom is -0.490 e. The van der Waals surface area contributed by atoms with Crippen molar-refractivity contribution in [2.45, 2.75) is 38.5 Å². The van der Waals surface area contributed by atoms with Crippen LogP contribution in [0.2, 0.25) is 0 Å². The second-order valence-electron chi connectivity index (χ2n) is 6.54. The maximum Gasteiger partial charge on any atom is 0.416 e. The topological polar surface area (TPSA) is 51.6 Å². The van der Waals surface area contributed by atoms with Crippen LogP contribution in [0.1, 0.15) is 25.8 Å². The van der Waals surface area contributed by atoms with E-state index in [1.54, 1.807) is 18.2 Å². The fraction of sp³-hybridized carbons (Fsp3) is 0.350. The van der Waals surface area contributed by atoms with Gasteiger partial charge in [0.2, 0.25) is 0 Å². The molecule has 0 spiro atoms. The first-order valence-electron chi connectivity index (χ1n) is 8.78. The first-order valence-corrected chi connectivity index (χ1v) is 9.59. The molecule has 1 N–H and O–H groups in total. The van der Waals surface area contributed by atoms with Gasteiger partial charge in [-0.25, -0.2) is 4.98 Å². The number of para-hydroxylation sites is 1. The van der Waals surface area contributed by atoms with E-state index >= 15 is 0 Å². The van der Waals surface area contributed by atoms with Crippen molar-refractivity contribution in [3.8, 4) is 16.7 Å². The van der Waals surface area contributed by atoms with E-state index in [0.717, 1.165) is 17.1 Å². The molecule has 150 valence electrons. The van der Waals surface area contributed by atoms with E-state index in [2.05, 4.69) is 4.98 Å². The third kappa shape index (κ3) is 4.56. The summed E-state index contributed by atoms with van der Waals surface area (Å²) in [6, 6.07) is 12.6. The monoisotopic (exact) mass is 411 g/mol. The number of benzene rings is 2. The standard InChI is InChI=1S/C20H20F3NO3S/c1-3-26-16-12-13(10-11-19(2,25)20(21,22)23)8-9-15(16)27-18-24-14-6-4-5-7-17(14)28-18/h4-9,12,25H,3,10-11H2,1-2H3. The number of aliphatic hydroxyl groups is 1. The number of aromatic nitrogens is 1. The van der Waals surface area contributed by atoms with Gasteiger partial charge in [0.25, 0.3) is 5.19 Å².